The Kier molecular flexibility index (Phi) is 3.97. The minimum Gasteiger partial charge on any atom is -0.260 e. The molecule has 4 nitrogen and oxygen atoms in total. The van der Waals surface area contributed by atoms with Crippen LogP contribution in [0, 0.1) is 6.92 Å². The van der Waals surface area contributed by atoms with Crippen molar-refractivity contribution in [3.63, 3.8) is 0 Å². The van der Waals surface area contributed by atoms with Gasteiger partial charge in [0.1, 0.15) is 4.90 Å². The van der Waals surface area contributed by atoms with Crippen LogP contribution in [0.5, 0.6) is 0 Å². The normalized spacial score (nSPS) is 11.7. The largest absolute Gasteiger partial charge is 0.260 e. The lowest BCUT2D eigenvalue weighted by atomic mass is 10.2. The maximum Gasteiger partial charge on any atom is 0.244 e. The fourth-order valence-electron chi connectivity index (χ4n) is 1.65. The summed E-state index contributed by atoms with van der Waals surface area (Å²) in [6, 6.07) is 12.3. The van der Waals surface area contributed by atoms with Gasteiger partial charge in [-0.3, -0.25) is 4.98 Å². The summed E-state index contributed by atoms with van der Waals surface area (Å²) < 4.78 is 25.9. The molecule has 0 N–H and O–H groups in total. The van der Waals surface area contributed by atoms with Crippen molar-refractivity contribution in [2.45, 2.75) is 11.4 Å². The Labute approximate surface area is 113 Å². The van der Waals surface area contributed by atoms with Gasteiger partial charge < -0.3 is 0 Å². The zero-order chi connectivity index (χ0) is 13.9. The van der Waals surface area contributed by atoms with Crippen LogP contribution in [0.4, 0.5) is 0 Å². The summed E-state index contributed by atoms with van der Waals surface area (Å²) in [5.41, 5.74) is 1.22. The number of aromatic nitrogens is 1. The average Bonchev–Trinajstić information content (AvgIpc) is 2.40. The van der Waals surface area contributed by atoms with Gasteiger partial charge in [0.2, 0.25) is 10.0 Å². The molecule has 2 radical (unpaired) electrons. The smallest absolute Gasteiger partial charge is 0.244 e. The maximum absolute atomic E-state index is 12.3. The molecule has 1 aromatic heterocycles. The first kappa shape index (κ1) is 13.7. The molecule has 98 valence electrons. The Hall–Kier alpha value is -1.72. The van der Waals surface area contributed by atoms with Crippen molar-refractivity contribution in [3.05, 3.63) is 66.8 Å². The number of pyridine rings is 1. The molecule has 0 unspecified atom stereocenters. The van der Waals surface area contributed by atoms with Gasteiger partial charge in [-0.05, 0) is 17.7 Å². The second-order valence-electron chi connectivity index (χ2n) is 4.17. The quantitative estimate of drug-likeness (QED) is 0.856. The van der Waals surface area contributed by atoms with Gasteiger partial charge in [-0.2, -0.15) is 4.31 Å². The number of hydrogen-bond donors (Lipinski definition) is 0. The van der Waals surface area contributed by atoms with E-state index in [0.29, 0.717) is 12.2 Å². The first-order chi connectivity index (χ1) is 9.00. The first-order valence-electron chi connectivity index (χ1n) is 5.72. The van der Waals surface area contributed by atoms with E-state index < -0.39 is 10.0 Å². The Morgan fingerprint density at radius 1 is 1.16 bits per heavy atom. The van der Waals surface area contributed by atoms with Crippen LogP contribution in [0.3, 0.4) is 0 Å². The highest BCUT2D eigenvalue weighted by molar-refractivity contribution is 7.89. The predicted octanol–water partition coefficient (Wildman–Crippen LogP) is 1.96. The van der Waals surface area contributed by atoms with Crippen LogP contribution in [-0.2, 0) is 16.6 Å². The lowest BCUT2D eigenvalue weighted by molar-refractivity contribution is 0.466. The Bertz CT molecular complexity index is 637. The van der Waals surface area contributed by atoms with Crippen LogP contribution in [0.15, 0.2) is 53.6 Å². The summed E-state index contributed by atoms with van der Waals surface area (Å²) in [5.74, 6) is 0. The average molecular weight is 274 g/mol. The lowest BCUT2D eigenvalue weighted by Gasteiger charge is -2.17. The SMILES string of the molecule is [CH]c1ccc(S(=O)(=O)N(C)Cc2ccccc2)cn1. The number of nitrogens with zero attached hydrogens (tertiary/aromatic N) is 2. The molecule has 0 spiro atoms. The van der Waals surface area contributed by atoms with Crippen molar-refractivity contribution in [3.8, 4) is 0 Å². The van der Waals surface area contributed by atoms with E-state index in [1.165, 1.54) is 22.6 Å². The first-order valence-corrected chi connectivity index (χ1v) is 7.16. The van der Waals surface area contributed by atoms with Gasteiger partial charge in [0.25, 0.3) is 0 Å². The van der Waals surface area contributed by atoms with Crippen molar-refractivity contribution in [2.75, 3.05) is 7.05 Å². The molecule has 2 rings (SSSR count). The highest BCUT2D eigenvalue weighted by Gasteiger charge is 2.20. The van der Waals surface area contributed by atoms with E-state index in [9.17, 15) is 8.42 Å². The number of benzene rings is 1. The summed E-state index contributed by atoms with van der Waals surface area (Å²) in [7, 11) is -2.00. The fraction of sp³-hybridized carbons (Fsp3) is 0.143. The summed E-state index contributed by atoms with van der Waals surface area (Å²) in [5, 5.41) is 0. The van der Waals surface area contributed by atoms with Crippen LogP contribution in [0.1, 0.15) is 11.3 Å². The van der Waals surface area contributed by atoms with E-state index in [1.54, 1.807) is 7.05 Å². The van der Waals surface area contributed by atoms with Crippen molar-refractivity contribution in [2.24, 2.45) is 0 Å². The molecule has 0 aliphatic heterocycles. The van der Waals surface area contributed by atoms with Crippen molar-refractivity contribution < 1.29 is 8.42 Å². The van der Waals surface area contributed by atoms with Crippen molar-refractivity contribution >= 4 is 10.0 Å². The fourth-order valence-corrected chi connectivity index (χ4v) is 2.75. The van der Waals surface area contributed by atoms with E-state index in [2.05, 4.69) is 4.98 Å². The molecule has 0 amide bonds. The summed E-state index contributed by atoms with van der Waals surface area (Å²) >= 11 is 0. The lowest BCUT2D eigenvalue weighted by Crippen LogP contribution is -2.26. The molecule has 0 fully saturated rings. The summed E-state index contributed by atoms with van der Waals surface area (Å²) in [6.07, 6.45) is 1.27. The Balaban J connectivity index is 2.22. The third-order valence-electron chi connectivity index (χ3n) is 2.72. The number of rotatable bonds is 4. The Morgan fingerprint density at radius 3 is 2.42 bits per heavy atom. The monoisotopic (exact) mass is 274 g/mol. The van der Waals surface area contributed by atoms with Crippen molar-refractivity contribution in [1.29, 1.82) is 0 Å². The minimum atomic E-state index is -3.54. The zero-order valence-electron chi connectivity index (χ0n) is 10.5. The van der Waals surface area contributed by atoms with Crippen molar-refractivity contribution in [1.82, 2.24) is 9.29 Å². The van der Waals surface area contributed by atoms with E-state index >= 15 is 0 Å². The van der Waals surface area contributed by atoms with Gasteiger partial charge in [0.05, 0.1) is 0 Å². The Morgan fingerprint density at radius 2 is 1.84 bits per heavy atom. The van der Waals surface area contributed by atoms with E-state index in [-0.39, 0.29) is 4.90 Å². The number of hydrogen-bond acceptors (Lipinski definition) is 3. The standard InChI is InChI=1S/C14H14N2O2S/c1-12-8-9-14(10-15-12)19(17,18)16(2)11-13-6-4-3-5-7-13/h1,3-10H,11H2,2H3. The second kappa shape index (κ2) is 5.50. The van der Waals surface area contributed by atoms with Crippen LogP contribution in [0.2, 0.25) is 0 Å². The highest BCUT2D eigenvalue weighted by atomic mass is 32.2. The van der Waals surface area contributed by atoms with E-state index in [4.69, 9.17) is 6.92 Å². The molecular formula is C14H14N2O2S. The topological polar surface area (TPSA) is 50.3 Å². The van der Waals surface area contributed by atoms with Crippen LogP contribution in [0.25, 0.3) is 0 Å². The van der Waals surface area contributed by atoms with E-state index in [0.717, 1.165) is 5.56 Å². The van der Waals surface area contributed by atoms with Gasteiger partial charge >= 0.3 is 0 Å². The van der Waals surface area contributed by atoms with Crippen LogP contribution in [-0.4, -0.2) is 24.8 Å². The van der Waals surface area contributed by atoms with E-state index in [1.807, 2.05) is 30.3 Å². The van der Waals surface area contributed by atoms with Crippen LogP contribution < -0.4 is 0 Å². The maximum atomic E-state index is 12.3. The van der Waals surface area contributed by atoms with Gasteiger partial charge in [-0.15, -0.1) is 0 Å². The molecule has 0 saturated carbocycles. The molecule has 0 aliphatic carbocycles. The van der Waals surface area contributed by atoms with Gasteiger partial charge in [-0.1, -0.05) is 30.3 Å². The molecule has 0 atom stereocenters. The molecule has 0 aliphatic rings. The molecule has 2 aromatic rings. The third-order valence-corrected chi connectivity index (χ3v) is 4.50. The molecule has 5 heteroatoms. The number of sulfonamides is 1. The third kappa shape index (κ3) is 3.19. The van der Waals surface area contributed by atoms with Crippen LogP contribution >= 0.6 is 0 Å². The van der Waals surface area contributed by atoms with Gasteiger partial charge in [0, 0.05) is 32.4 Å². The molecule has 0 saturated heterocycles. The zero-order valence-corrected chi connectivity index (χ0v) is 11.3. The molecule has 19 heavy (non-hydrogen) atoms. The van der Waals surface area contributed by atoms with Gasteiger partial charge in [0.15, 0.2) is 0 Å². The molecule has 0 bridgehead atoms. The molecule has 1 heterocycles. The second-order valence-corrected chi connectivity index (χ2v) is 6.21. The summed E-state index contributed by atoms with van der Waals surface area (Å²) in [6.45, 7) is 5.76. The minimum absolute atomic E-state index is 0.139. The molecular weight excluding hydrogens is 260 g/mol. The highest BCUT2D eigenvalue weighted by Crippen LogP contribution is 2.15. The predicted molar refractivity (Wildman–Crippen MR) is 72.7 cm³/mol. The van der Waals surface area contributed by atoms with Gasteiger partial charge in [-0.25, -0.2) is 8.42 Å². The molecule has 1 aromatic carbocycles. The summed E-state index contributed by atoms with van der Waals surface area (Å²) in [4.78, 5) is 3.95.